The minimum atomic E-state index is -0.301. The van der Waals surface area contributed by atoms with Crippen molar-refractivity contribution in [2.24, 2.45) is 0 Å². The van der Waals surface area contributed by atoms with Crippen LogP contribution in [0.15, 0.2) is 70.5 Å². The lowest BCUT2D eigenvalue weighted by atomic mass is 10.0. The summed E-state index contributed by atoms with van der Waals surface area (Å²) in [7, 11) is 0. The fourth-order valence-corrected chi connectivity index (χ4v) is 4.77. The summed E-state index contributed by atoms with van der Waals surface area (Å²) in [4.78, 5) is 29.8. The van der Waals surface area contributed by atoms with Crippen LogP contribution in [0.1, 0.15) is 27.8 Å². The molecule has 0 N–H and O–H groups in total. The first kappa shape index (κ1) is 21.4. The van der Waals surface area contributed by atoms with E-state index in [4.69, 9.17) is 11.6 Å². The second-order valence-electron chi connectivity index (χ2n) is 7.79. The molecule has 3 nitrogen and oxygen atoms in total. The number of aryl methyl sites for hydroxylation is 4. The Morgan fingerprint density at radius 3 is 2.10 bits per heavy atom. The predicted molar refractivity (Wildman–Crippen MR) is 129 cm³/mol. The van der Waals surface area contributed by atoms with Crippen molar-refractivity contribution in [3.63, 3.8) is 0 Å². The van der Waals surface area contributed by atoms with Crippen LogP contribution in [0.5, 0.6) is 0 Å². The number of carbonyl (C=O) groups excluding carboxylic acids is 2. The van der Waals surface area contributed by atoms with Crippen LogP contribution >= 0.6 is 23.4 Å². The summed E-state index contributed by atoms with van der Waals surface area (Å²) >= 11 is 7.32. The Bertz CT molecular complexity index is 1240. The maximum Gasteiger partial charge on any atom is 0.272 e. The van der Waals surface area contributed by atoms with E-state index in [2.05, 4.69) is 0 Å². The van der Waals surface area contributed by atoms with Crippen LogP contribution < -0.4 is 4.90 Å². The average Bonchev–Trinajstić information content (AvgIpc) is 2.96. The van der Waals surface area contributed by atoms with Crippen molar-refractivity contribution in [2.45, 2.75) is 32.6 Å². The number of hydrogen-bond acceptors (Lipinski definition) is 3. The minimum absolute atomic E-state index is 0.295. The van der Waals surface area contributed by atoms with Gasteiger partial charge in [0.1, 0.15) is 0 Å². The largest absolute Gasteiger partial charge is 0.272 e. The summed E-state index contributed by atoms with van der Waals surface area (Å²) in [5.41, 5.74) is 5.99. The number of benzene rings is 3. The Hall–Kier alpha value is -2.82. The molecule has 0 radical (unpaired) electrons. The van der Waals surface area contributed by atoms with Gasteiger partial charge >= 0.3 is 0 Å². The van der Waals surface area contributed by atoms with Crippen LogP contribution in [0.2, 0.25) is 5.02 Å². The number of imide groups is 1. The molecule has 0 saturated carbocycles. The Labute approximate surface area is 191 Å². The number of rotatable bonds is 4. The second-order valence-corrected chi connectivity index (χ2v) is 9.32. The molecule has 156 valence electrons. The molecule has 3 aromatic rings. The van der Waals surface area contributed by atoms with Crippen LogP contribution in [0, 0.1) is 27.7 Å². The molecular weight excluding hydrogens is 426 g/mol. The van der Waals surface area contributed by atoms with Gasteiger partial charge in [0.15, 0.2) is 0 Å². The zero-order valence-corrected chi connectivity index (χ0v) is 19.4. The minimum Gasteiger partial charge on any atom is -0.268 e. The molecule has 0 bridgehead atoms. The van der Waals surface area contributed by atoms with E-state index in [1.807, 2.05) is 76.2 Å². The molecule has 1 heterocycles. The van der Waals surface area contributed by atoms with Gasteiger partial charge in [0.05, 0.1) is 16.2 Å². The Kier molecular flexibility index (Phi) is 5.78. The number of amides is 2. The van der Waals surface area contributed by atoms with Gasteiger partial charge in [0.25, 0.3) is 11.8 Å². The predicted octanol–water partition coefficient (Wildman–Crippen LogP) is 6.65. The van der Waals surface area contributed by atoms with E-state index in [-0.39, 0.29) is 11.8 Å². The van der Waals surface area contributed by atoms with E-state index < -0.39 is 0 Å². The lowest BCUT2D eigenvalue weighted by molar-refractivity contribution is -0.119. The molecule has 1 aliphatic heterocycles. The fourth-order valence-electron chi connectivity index (χ4n) is 3.65. The van der Waals surface area contributed by atoms with Crippen LogP contribution in [0.25, 0.3) is 5.57 Å². The van der Waals surface area contributed by atoms with Gasteiger partial charge in [-0.1, -0.05) is 59.3 Å². The van der Waals surface area contributed by atoms with Gasteiger partial charge < -0.3 is 0 Å². The van der Waals surface area contributed by atoms with Gasteiger partial charge in [-0.25, -0.2) is 4.90 Å². The topological polar surface area (TPSA) is 37.4 Å². The van der Waals surface area contributed by atoms with Gasteiger partial charge in [-0.05, 0) is 80.3 Å². The molecule has 2 amide bonds. The molecule has 0 aliphatic carbocycles. The van der Waals surface area contributed by atoms with Crippen LogP contribution in [0.3, 0.4) is 0 Å². The molecule has 1 aliphatic rings. The highest BCUT2D eigenvalue weighted by Gasteiger charge is 2.41. The van der Waals surface area contributed by atoms with E-state index in [0.717, 1.165) is 32.7 Å². The highest BCUT2D eigenvalue weighted by atomic mass is 35.5. The van der Waals surface area contributed by atoms with Crippen molar-refractivity contribution in [3.8, 4) is 0 Å². The SMILES string of the molecule is Cc1ccc(N2C(=O)C(Sc3ccc(Cl)cc3)=C(c3ccc(C)c(C)c3)C2=O)c(C)c1. The summed E-state index contributed by atoms with van der Waals surface area (Å²) in [5.74, 6) is -0.596. The van der Waals surface area contributed by atoms with E-state index in [9.17, 15) is 9.59 Å². The van der Waals surface area contributed by atoms with Crippen molar-refractivity contribution in [1.82, 2.24) is 0 Å². The van der Waals surface area contributed by atoms with Gasteiger partial charge in [-0.2, -0.15) is 0 Å². The first-order valence-corrected chi connectivity index (χ1v) is 11.2. The lowest BCUT2D eigenvalue weighted by Crippen LogP contribution is -2.32. The van der Waals surface area contributed by atoms with E-state index >= 15 is 0 Å². The molecule has 3 aromatic carbocycles. The summed E-state index contributed by atoms with van der Waals surface area (Å²) in [6, 6.07) is 18.9. The van der Waals surface area contributed by atoms with Crippen molar-refractivity contribution in [2.75, 3.05) is 4.90 Å². The van der Waals surface area contributed by atoms with Gasteiger partial charge in [0.2, 0.25) is 0 Å². The normalized spacial score (nSPS) is 14.0. The van der Waals surface area contributed by atoms with Crippen LogP contribution in [0.4, 0.5) is 5.69 Å². The highest BCUT2D eigenvalue weighted by molar-refractivity contribution is 8.04. The molecule has 0 atom stereocenters. The zero-order valence-electron chi connectivity index (χ0n) is 17.8. The third-order valence-electron chi connectivity index (χ3n) is 5.46. The monoisotopic (exact) mass is 447 g/mol. The highest BCUT2D eigenvalue weighted by Crippen LogP contribution is 2.42. The average molecular weight is 448 g/mol. The zero-order chi connectivity index (χ0) is 22.3. The Morgan fingerprint density at radius 1 is 0.742 bits per heavy atom. The van der Waals surface area contributed by atoms with Gasteiger partial charge in [-0.3, -0.25) is 9.59 Å². The number of nitrogens with zero attached hydrogens (tertiary/aromatic N) is 1. The second kappa shape index (κ2) is 8.37. The molecule has 0 fully saturated rings. The number of anilines is 1. The molecule has 0 saturated heterocycles. The Morgan fingerprint density at radius 2 is 1.45 bits per heavy atom. The first-order valence-electron chi connectivity index (χ1n) is 9.97. The van der Waals surface area contributed by atoms with Crippen LogP contribution in [-0.2, 0) is 9.59 Å². The van der Waals surface area contributed by atoms with Crippen molar-refractivity contribution >= 4 is 46.4 Å². The molecular formula is C26H22ClNO2S. The first-order chi connectivity index (χ1) is 14.8. The van der Waals surface area contributed by atoms with Crippen molar-refractivity contribution < 1.29 is 9.59 Å². The molecule has 0 unspecified atom stereocenters. The maximum atomic E-state index is 13.6. The Balaban J connectivity index is 1.85. The molecule has 0 spiro atoms. The maximum absolute atomic E-state index is 13.6. The molecule has 31 heavy (non-hydrogen) atoms. The molecule has 4 rings (SSSR count). The summed E-state index contributed by atoms with van der Waals surface area (Å²) < 4.78 is 0. The standard InChI is InChI=1S/C26H22ClNO2S/c1-15-5-12-22(18(4)13-15)28-25(29)23(19-7-6-16(2)17(3)14-19)24(26(28)30)31-21-10-8-20(27)9-11-21/h5-14H,1-4H3. The number of carbonyl (C=O) groups is 2. The van der Waals surface area contributed by atoms with E-state index in [0.29, 0.717) is 21.2 Å². The van der Waals surface area contributed by atoms with Gasteiger partial charge in [-0.15, -0.1) is 0 Å². The third-order valence-corrected chi connectivity index (χ3v) is 6.81. The molecule has 0 aromatic heterocycles. The van der Waals surface area contributed by atoms with E-state index in [1.165, 1.54) is 16.7 Å². The number of thioether (sulfide) groups is 1. The summed E-state index contributed by atoms with van der Waals surface area (Å²) in [6.45, 7) is 7.95. The van der Waals surface area contributed by atoms with Crippen LogP contribution in [-0.4, -0.2) is 11.8 Å². The summed E-state index contributed by atoms with van der Waals surface area (Å²) in [6.07, 6.45) is 0. The summed E-state index contributed by atoms with van der Waals surface area (Å²) in [5, 5.41) is 0.624. The smallest absolute Gasteiger partial charge is 0.268 e. The van der Waals surface area contributed by atoms with Crippen molar-refractivity contribution in [3.05, 3.63) is 98.4 Å². The number of halogens is 1. The van der Waals surface area contributed by atoms with E-state index in [1.54, 1.807) is 12.1 Å². The fraction of sp³-hybridized carbons (Fsp3) is 0.154. The van der Waals surface area contributed by atoms with Gasteiger partial charge in [0, 0.05) is 9.92 Å². The quantitative estimate of drug-likeness (QED) is 0.420. The lowest BCUT2D eigenvalue weighted by Gasteiger charge is -2.18. The third kappa shape index (κ3) is 4.06. The van der Waals surface area contributed by atoms with Crippen molar-refractivity contribution in [1.29, 1.82) is 0 Å². The number of hydrogen-bond donors (Lipinski definition) is 0. The molecule has 5 heteroatoms.